The van der Waals surface area contributed by atoms with Crippen LogP contribution in [0.4, 0.5) is 0 Å². The molecule has 0 atom stereocenters. The Morgan fingerprint density at radius 3 is 2.64 bits per heavy atom. The molecule has 25 heavy (non-hydrogen) atoms. The normalized spacial score (nSPS) is 18.6. The van der Waals surface area contributed by atoms with Gasteiger partial charge < -0.3 is 9.42 Å². The number of amides is 1. The minimum atomic E-state index is 0.287. The molecule has 1 aromatic carbocycles. The van der Waals surface area contributed by atoms with E-state index in [1.807, 2.05) is 4.90 Å². The number of benzene rings is 1. The van der Waals surface area contributed by atoms with Crippen LogP contribution in [0.5, 0.6) is 0 Å². The zero-order valence-corrected chi connectivity index (χ0v) is 15.1. The van der Waals surface area contributed by atoms with E-state index in [1.54, 1.807) is 18.2 Å². The first-order valence-electron chi connectivity index (χ1n) is 8.39. The number of aromatic nitrogens is 2. The van der Waals surface area contributed by atoms with Gasteiger partial charge in [0, 0.05) is 37.1 Å². The number of carbonyl (C=O) groups excluding carboxylic acids is 1. The van der Waals surface area contributed by atoms with Crippen molar-refractivity contribution in [3.63, 3.8) is 0 Å². The average molecular weight is 381 g/mol. The van der Waals surface area contributed by atoms with E-state index in [2.05, 4.69) is 15.0 Å². The number of halogens is 2. The minimum absolute atomic E-state index is 0.287. The molecule has 1 saturated heterocycles. The molecule has 4 rings (SSSR count). The van der Waals surface area contributed by atoms with Crippen molar-refractivity contribution in [1.82, 2.24) is 19.9 Å². The largest absolute Gasteiger partial charge is 0.340 e. The number of carbonyl (C=O) groups is 1. The monoisotopic (exact) mass is 380 g/mol. The van der Waals surface area contributed by atoms with Crippen LogP contribution in [0.3, 0.4) is 0 Å². The summed E-state index contributed by atoms with van der Waals surface area (Å²) in [6, 6.07) is 5.16. The fraction of sp³-hybridized carbons (Fsp3) is 0.471. The summed E-state index contributed by atoms with van der Waals surface area (Å²) < 4.78 is 5.33. The van der Waals surface area contributed by atoms with Gasteiger partial charge in [-0.15, -0.1) is 0 Å². The average Bonchev–Trinajstić information content (AvgIpc) is 3.35. The summed E-state index contributed by atoms with van der Waals surface area (Å²) >= 11 is 12.1. The first kappa shape index (κ1) is 16.8. The van der Waals surface area contributed by atoms with Gasteiger partial charge in [0.1, 0.15) is 0 Å². The van der Waals surface area contributed by atoms with Gasteiger partial charge >= 0.3 is 0 Å². The van der Waals surface area contributed by atoms with E-state index in [0.717, 1.165) is 39.0 Å². The Balaban J connectivity index is 1.36. The quantitative estimate of drug-likeness (QED) is 0.815. The maximum absolute atomic E-state index is 12.1. The van der Waals surface area contributed by atoms with Crippen molar-refractivity contribution in [2.75, 3.05) is 26.2 Å². The van der Waals surface area contributed by atoms with Crippen molar-refractivity contribution in [2.45, 2.75) is 19.4 Å². The second-order valence-corrected chi connectivity index (χ2v) is 7.36. The van der Waals surface area contributed by atoms with Gasteiger partial charge in [-0.3, -0.25) is 9.69 Å². The fourth-order valence-electron chi connectivity index (χ4n) is 3.01. The summed E-state index contributed by atoms with van der Waals surface area (Å²) in [5.74, 6) is 1.61. The Morgan fingerprint density at radius 2 is 1.96 bits per heavy atom. The van der Waals surface area contributed by atoms with Crippen molar-refractivity contribution in [2.24, 2.45) is 5.92 Å². The van der Waals surface area contributed by atoms with Crippen molar-refractivity contribution < 1.29 is 9.32 Å². The van der Waals surface area contributed by atoms with Gasteiger partial charge in [-0.1, -0.05) is 28.4 Å². The van der Waals surface area contributed by atoms with Crippen LogP contribution in [-0.2, 0) is 11.3 Å². The van der Waals surface area contributed by atoms with Crippen LogP contribution >= 0.6 is 23.2 Å². The lowest BCUT2D eigenvalue weighted by Gasteiger charge is -2.34. The molecule has 2 fully saturated rings. The summed E-state index contributed by atoms with van der Waals surface area (Å²) in [6.45, 7) is 3.78. The second-order valence-electron chi connectivity index (χ2n) is 6.52. The molecule has 1 aliphatic carbocycles. The molecule has 0 bridgehead atoms. The molecule has 132 valence electrons. The van der Waals surface area contributed by atoms with Gasteiger partial charge in [-0.2, -0.15) is 4.98 Å². The lowest BCUT2D eigenvalue weighted by atomic mass is 10.2. The number of hydrogen-bond acceptors (Lipinski definition) is 5. The Morgan fingerprint density at radius 1 is 1.20 bits per heavy atom. The highest BCUT2D eigenvalue weighted by atomic mass is 35.5. The Bertz CT molecular complexity index is 783. The van der Waals surface area contributed by atoms with Crippen LogP contribution in [0.25, 0.3) is 11.5 Å². The third-order valence-corrected chi connectivity index (χ3v) is 5.15. The van der Waals surface area contributed by atoms with Crippen molar-refractivity contribution in [3.8, 4) is 11.5 Å². The second kappa shape index (κ2) is 6.94. The topological polar surface area (TPSA) is 62.5 Å². The molecule has 1 saturated carbocycles. The Hall–Kier alpha value is -1.63. The van der Waals surface area contributed by atoms with Crippen molar-refractivity contribution >= 4 is 29.1 Å². The lowest BCUT2D eigenvalue weighted by molar-refractivity contribution is -0.134. The van der Waals surface area contributed by atoms with E-state index < -0.39 is 0 Å². The summed E-state index contributed by atoms with van der Waals surface area (Å²) in [4.78, 5) is 20.7. The maximum Gasteiger partial charge on any atom is 0.259 e. The van der Waals surface area contributed by atoms with Crippen LogP contribution in [-0.4, -0.2) is 52.0 Å². The van der Waals surface area contributed by atoms with E-state index in [-0.39, 0.29) is 5.92 Å². The molecule has 6 nitrogen and oxygen atoms in total. The lowest BCUT2D eigenvalue weighted by Crippen LogP contribution is -2.48. The van der Waals surface area contributed by atoms with Crippen LogP contribution in [0.2, 0.25) is 10.0 Å². The first-order chi connectivity index (χ1) is 12.1. The molecular weight excluding hydrogens is 363 g/mol. The van der Waals surface area contributed by atoms with Crippen LogP contribution < -0.4 is 0 Å². The van der Waals surface area contributed by atoms with Crippen molar-refractivity contribution in [3.05, 3.63) is 34.1 Å². The van der Waals surface area contributed by atoms with Gasteiger partial charge in [0.15, 0.2) is 5.82 Å². The SMILES string of the molecule is O=C(C1CC1)N1CCN(Cc2noc(-c3ccc(Cl)cc3Cl)n2)CC1. The highest BCUT2D eigenvalue weighted by Gasteiger charge is 2.34. The number of rotatable bonds is 4. The predicted octanol–water partition coefficient (Wildman–Crippen LogP) is 3.10. The van der Waals surface area contributed by atoms with Crippen molar-refractivity contribution in [1.29, 1.82) is 0 Å². The number of piperazine rings is 1. The summed E-state index contributed by atoms with van der Waals surface area (Å²) in [5, 5.41) is 5.09. The van der Waals surface area contributed by atoms with Crippen LogP contribution in [0, 0.1) is 5.92 Å². The number of nitrogens with zero attached hydrogens (tertiary/aromatic N) is 4. The van der Waals surface area contributed by atoms with Gasteiger partial charge in [0.05, 0.1) is 17.1 Å². The molecule has 1 aromatic heterocycles. The molecular formula is C17H18Cl2N4O2. The standard InChI is InChI=1S/C17H18Cl2N4O2/c18-12-3-4-13(14(19)9-12)16-20-15(21-25-16)10-22-5-7-23(8-6-22)17(24)11-1-2-11/h3-4,9,11H,1-2,5-8,10H2. The molecule has 2 aromatic rings. The van der Waals surface area contributed by atoms with E-state index in [4.69, 9.17) is 27.7 Å². The van der Waals surface area contributed by atoms with Gasteiger partial charge in [-0.25, -0.2) is 0 Å². The Kier molecular flexibility index (Phi) is 4.67. The molecule has 8 heteroatoms. The van der Waals surface area contributed by atoms with E-state index >= 15 is 0 Å². The smallest absolute Gasteiger partial charge is 0.259 e. The van der Waals surface area contributed by atoms with E-state index in [9.17, 15) is 4.79 Å². The van der Waals surface area contributed by atoms with Gasteiger partial charge in [0.25, 0.3) is 5.89 Å². The van der Waals surface area contributed by atoms with Crippen LogP contribution in [0.15, 0.2) is 22.7 Å². The van der Waals surface area contributed by atoms with E-state index in [1.165, 1.54) is 0 Å². The Labute approximate surface area is 155 Å². The summed E-state index contributed by atoms with van der Waals surface area (Å²) in [6.07, 6.45) is 2.11. The fourth-order valence-corrected chi connectivity index (χ4v) is 3.49. The first-order valence-corrected chi connectivity index (χ1v) is 9.15. The molecule has 0 spiro atoms. The molecule has 1 aliphatic heterocycles. The molecule has 0 unspecified atom stereocenters. The minimum Gasteiger partial charge on any atom is -0.340 e. The predicted molar refractivity (Wildman–Crippen MR) is 94.3 cm³/mol. The highest BCUT2D eigenvalue weighted by Crippen LogP contribution is 2.31. The third-order valence-electron chi connectivity index (χ3n) is 4.61. The third kappa shape index (κ3) is 3.81. The number of hydrogen-bond donors (Lipinski definition) is 0. The van der Waals surface area contributed by atoms with Crippen LogP contribution in [0.1, 0.15) is 18.7 Å². The molecule has 2 aliphatic rings. The van der Waals surface area contributed by atoms with Gasteiger partial charge in [0.2, 0.25) is 5.91 Å². The molecule has 1 amide bonds. The zero-order chi connectivity index (χ0) is 17.4. The summed E-state index contributed by atoms with van der Waals surface area (Å²) in [5.41, 5.74) is 0.671. The molecule has 0 N–H and O–H groups in total. The van der Waals surface area contributed by atoms with Gasteiger partial charge in [-0.05, 0) is 31.0 Å². The summed E-state index contributed by atoms with van der Waals surface area (Å²) in [7, 11) is 0. The molecule has 2 heterocycles. The van der Waals surface area contributed by atoms with E-state index in [0.29, 0.717) is 39.8 Å². The zero-order valence-electron chi connectivity index (χ0n) is 13.6. The highest BCUT2D eigenvalue weighted by molar-refractivity contribution is 6.36. The maximum atomic E-state index is 12.1. The molecule has 0 radical (unpaired) electrons.